The molecule has 0 spiro atoms. The summed E-state index contributed by atoms with van der Waals surface area (Å²) in [7, 11) is 0. The maximum atomic E-state index is 11.9. The number of fused-ring (bicyclic) bond motifs is 1. The largest absolute Gasteiger partial charge is 0.490 e. The highest BCUT2D eigenvalue weighted by Crippen LogP contribution is 2.39. The number of nitrogens with one attached hydrogen (secondary N) is 1. The lowest BCUT2D eigenvalue weighted by molar-refractivity contribution is -0.120. The van der Waals surface area contributed by atoms with Crippen molar-refractivity contribution in [2.24, 2.45) is 5.73 Å². The fraction of sp³-hybridized carbons (Fsp3) is 0.333. The monoisotopic (exact) mass is 447 g/mol. The van der Waals surface area contributed by atoms with Crippen molar-refractivity contribution in [3.05, 3.63) is 53.1 Å². The molecule has 0 aliphatic heterocycles. The van der Waals surface area contributed by atoms with Crippen LogP contribution in [-0.4, -0.2) is 28.8 Å². The average Bonchev–Trinajstić information content (AvgIpc) is 3.29. The quantitative estimate of drug-likeness (QED) is 0.591. The number of amides is 1. The van der Waals surface area contributed by atoms with Gasteiger partial charge >= 0.3 is 0 Å². The van der Waals surface area contributed by atoms with Crippen LogP contribution in [0.1, 0.15) is 49.4 Å². The SMILES string of the molecule is CC(C)Oc1ccc(-c2nnc(-c3cccc4c3CCC[C@@H]4NC(=O)CN)s2)cc1C#N. The predicted octanol–water partition coefficient (Wildman–Crippen LogP) is 3.98. The smallest absolute Gasteiger partial charge is 0.234 e. The molecule has 32 heavy (non-hydrogen) atoms. The van der Waals surface area contributed by atoms with Crippen molar-refractivity contribution >= 4 is 17.2 Å². The minimum absolute atomic E-state index is 0.0104. The van der Waals surface area contributed by atoms with Crippen molar-refractivity contribution < 1.29 is 9.53 Å². The highest BCUT2D eigenvalue weighted by atomic mass is 32.1. The van der Waals surface area contributed by atoms with Crippen molar-refractivity contribution in [1.29, 1.82) is 5.26 Å². The van der Waals surface area contributed by atoms with Crippen LogP contribution in [0.25, 0.3) is 21.1 Å². The lowest BCUT2D eigenvalue weighted by Crippen LogP contribution is -2.35. The Morgan fingerprint density at radius 1 is 1.31 bits per heavy atom. The van der Waals surface area contributed by atoms with Gasteiger partial charge in [-0.3, -0.25) is 4.79 Å². The van der Waals surface area contributed by atoms with Crippen molar-refractivity contribution in [2.75, 3.05) is 6.54 Å². The fourth-order valence-electron chi connectivity index (χ4n) is 4.01. The van der Waals surface area contributed by atoms with Gasteiger partial charge in [-0.25, -0.2) is 0 Å². The van der Waals surface area contributed by atoms with Crippen LogP contribution in [0.4, 0.5) is 0 Å². The predicted molar refractivity (Wildman–Crippen MR) is 124 cm³/mol. The van der Waals surface area contributed by atoms with Crippen LogP contribution in [0.5, 0.6) is 5.75 Å². The van der Waals surface area contributed by atoms with Gasteiger partial charge in [0.1, 0.15) is 21.8 Å². The first-order chi connectivity index (χ1) is 15.5. The van der Waals surface area contributed by atoms with E-state index in [9.17, 15) is 10.1 Å². The second kappa shape index (κ2) is 9.47. The Bertz CT molecular complexity index is 1180. The van der Waals surface area contributed by atoms with Crippen LogP contribution >= 0.6 is 11.3 Å². The third kappa shape index (κ3) is 4.49. The van der Waals surface area contributed by atoms with Crippen LogP contribution in [-0.2, 0) is 11.2 Å². The molecule has 0 fully saturated rings. The lowest BCUT2D eigenvalue weighted by atomic mass is 9.85. The van der Waals surface area contributed by atoms with Gasteiger partial charge in [-0.2, -0.15) is 5.26 Å². The van der Waals surface area contributed by atoms with Gasteiger partial charge in [-0.05, 0) is 62.4 Å². The summed E-state index contributed by atoms with van der Waals surface area (Å²) in [5.74, 6) is 0.420. The van der Waals surface area contributed by atoms with Gasteiger partial charge < -0.3 is 15.8 Å². The highest BCUT2D eigenvalue weighted by molar-refractivity contribution is 7.17. The van der Waals surface area contributed by atoms with Crippen LogP contribution < -0.4 is 15.8 Å². The van der Waals surface area contributed by atoms with Gasteiger partial charge in [-0.15, -0.1) is 10.2 Å². The van der Waals surface area contributed by atoms with Crippen LogP contribution in [0, 0.1) is 11.3 Å². The highest BCUT2D eigenvalue weighted by Gasteiger charge is 2.25. The van der Waals surface area contributed by atoms with E-state index in [0.717, 1.165) is 46.0 Å². The lowest BCUT2D eigenvalue weighted by Gasteiger charge is -2.27. The Labute approximate surface area is 191 Å². The molecule has 0 radical (unpaired) electrons. The zero-order valence-electron chi connectivity index (χ0n) is 18.1. The Hall–Kier alpha value is -3.28. The fourth-order valence-corrected chi connectivity index (χ4v) is 4.90. The molecular formula is C24H25N5O2S. The number of aromatic nitrogens is 2. The third-order valence-corrected chi connectivity index (χ3v) is 6.40. The van der Waals surface area contributed by atoms with E-state index in [4.69, 9.17) is 10.5 Å². The number of hydrogen-bond donors (Lipinski definition) is 2. The van der Waals surface area contributed by atoms with E-state index in [0.29, 0.717) is 11.3 Å². The van der Waals surface area contributed by atoms with Crippen molar-refractivity contribution in [3.8, 4) is 33.0 Å². The standard InChI is InChI=1S/C24H25N5O2S/c1-14(2)31-21-10-9-15(11-16(21)12-25)23-28-29-24(32-23)19-7-3-6-18-17(19)5-4-8-20(18)27-22(30)13-26/h3,6-7,9-11,14,20H,4-5,8,13,26H2,1-2H3,(H,27,30)/t20-/m0/s1. The van der Waals surface area contributed by atoms with Crippen molar-refractivity contribution in [1.82, 2.24) is 15.5 Å². The molecule has 7 nitrogen and oxygen atoms in total. The third-order valence-electron chi connectivity index (χ3n) is 5.39. The number of benzene rings is 2. The summed E-state index contributed by atoms with van der Waals surface area (Å²) >= 11 is 1.49. The summed E-state index contributed by atoms with van der Waals surface area (Å²) in [5.41, 5.74) is 10.1. The summed E-state index contributed by atoms with van der Waals surface area (Å²) in [6.45, 7) is 3.84. The number of rotatable bonds is 6. The Kier molecular flexibility index (Phi) is 6.49. The molecule has 3 aromatic rings. The Balaban J connectivity index is 1.66. The molecule has 0 saturated carbocycles. The molecule has 3 N–H and O–H groups in total. The van der Waals surface area contributed by atoms with Crippen LogP contribution in [0.15, 0.2) is 36.4 Å². The van der Waals surface area contributed by atoms with Gasteiger partial charge in [0.15, 0.2) is 0 Å². The summed E-state index contributed by atoms with van der Waals surface area (Å²) in [4.78, 5) is 11.9. The maximum Gasteiger partial charge on any atom is 0.234 e. The minimum Gasteiger partial charge on any atom is -0.490 e. The second-order valence-corrected chi connectivity index (χ2v) is 8.97. The van der Waals surface area contributed by atoms with Crippen molar-refractivity contribution in [3.63, 3.8) is 0 Å². The van der Waals surface area contributed by atoms with Gasteiger partial charge in [-0.1, -0.05) is 29.5 Å². The molecule has 2 aromatic carbocycles. The normalized spacial score (nSPS) is 15.2. The summed E-state index contributed by atoms with van der Waals surface area (Å²) in [6, 6.07) is 13.8. The van der Waals surface area contributed by atoms with Gasteiger partial charge in [0.05, 0.1) is 24.3 Å². The molecule has 0 unspecified atom stereocenters. The van der Waals surface area contributed by atoms with E-state index in [2.05, 4.69) is 33.7 Å². The molecule has 1 amide bonds. The molecule has 0 saturated heterocycles. The molecule has 1 aliphatic carbocycles. The number of nitriles is 1. The van der Waals surface area contributed by atoms with Gasteiger partial charge in [0.25, 0.3) is 0 Å². The molecular weight excluding hydrogens is 422 g/mol. The molecule has 8 heteroatoms. The number of carbonyl (C=O) groups excluding carboxylic acids is 1. The molecule has 1 atom stereocenters. The second-order valence-electron chi connectivity index (χ2n) is 7.99. The zero-order chi connectivity index (χ0) is 22.7. The van der Waals surface area contributed by atoms with E-state index < -0.39 is 0 Å². The van der Waals surface area contributed by atoms with Gasteiger partial charge in [0, 0.05) is 11.1 Å². The molecule has 0 bridgehead atoms. The number of carbonyl (C=O) groups is 1. The molecule has 1 aromatic heterocycles. The molecule has 1 aliphatic rings. The van der Waals surface area contributed by atoms with E-state index in [1.807, 2.05) is 32.0 Å². The molecule has 164 valence electrons. The van der Waals surface area contributed by atoms with Crippen LogP contribution in [0.2, 0.25) is 0 Å². The van der Waals surface area contributed by atoms with Gasteiger partial charge in [0.2, 0.25) is 5.91 Å². The van der Waals surface area contributed by atoms with E-state index >= 15 is 0 Å². The average molecular weight is 448 g/mol. The van der Waals surface area contributed by atoms with E-state index in [-0.39, 0.29) is 24.6 Å². The zero-order valence-corrected chi connectivity index (χ0v) is 18.9. The van der Waals surface area contributed by atoms with Crippen molar-refractivity contribution in [2.45, 2.75) is 45.3 Å². The first kappa shape index (κ1) is 21.9. The van der Waals surface area contributed by atoms with Crippen LogP contribution in [0.3, 0.4) is 0 Å². The Morgan fingerprint density at radius 3 is 2.88 bits per heavy atom. The summed E-state index contributed by atoms with van der Waals surface area (Å²) < 4.78 is 5.72. The minimum atomic E-state index is -0.148. The summed E-state index contributed by atoms with van der Waals surface area (Å²) in [6.07, 6.45) is 2.79. The maximum absolute atomic E-state index is 11.9. The molecule has 4 rings (SSSR count). The first-order valence-corrected chi connectivity index (χ1v) is 11.5. The van der Waals surface area contributed by atoms with E-state index in [1.165, 1.54) is 16.9 Å². The summed E-state index contributed by atoms with van der Waals surface area (Å²) in [5, 5.41) is 23.0. The number of hydrogen-bond acceptors (Lipinski definition) is 7. The first-order valence-electron chi connectivity index (χ1n) is 10.7. The number of nitrogens with zero attached hydrogens (tertiary/aromatic N) is 3. The van der Waals surface area contributed by atoms with E-state index in [1.54, 1.807) is 6.07 Å². The number of ether oxygens (including phenoxy) is 1. The number of nitrogens with two attached hydrogens (primary N) is 1. The Morgan fingerprint density at radius 2 is 2.12 bits per heavy atom. The molecule has 1 heterocycles. The topological polar surface area (TPSA) is 114 Å².